The molecular formula is C53H56N6O8S2. The number of aliphatic hydroxyl groups excluding tert-OH is 2. The number of aromatic nitrogens is 2. The van der Waals surface area contributed by atoms with Gasteiger partial charge in [-0.3, -0.25) is 14.3 Å². The van der Waals surface area contributed by atoms with Gasteiger partial charge in [-0.25, -0.2) is 16.8 Å². The maximum atomic E-state index is 11.6. The summed E-state index contributed by atoms with van der Waals surface area (Å²) in [5.41, 5.74) is 7.51. The lowest BCUT2D eigenvalue weighted by Gasteiger charge is -2.25. The van der Waals surface area contributed by atoms with Crippen LogP contribution in [0.1, 0.15) is 28.9 Å². The second-order valence-electron chi connectivity index (χ2n) is 16.9. The number of aliphatic hydroxyl groups is 2. The summed E-state index contributed by atoms with van der Waals surface area (Å²) in [7, 11) is -6.76. The minimum absolute atomic E-state index is 0.326. The van der Waals surface area contributed by atoms with Crippen LogP contribution in [0.3, 0.4) is 0 Å². The maximum Gasteiger partial charge on any atom is 0.229 e. The minimum atomic E-state index is -3.40. The molecule has 0 unspecified atom stereocenters. The average molecular weight is 969 g/mol. The second-order valence-corrected chi connectivity index (χ2v) is 20.4. The molecule has 0 aliphatic heterocycles. The van der Waals surface area contributed by atoms with Crippen LogP contribution in [0.25, 0.3) is 43.6 Å². The number of benzene rings is 7. The van der Waals surface area contributed by atoms with Gasteiger partial charge in [-0.05, 0) is 77.4 Å². The quantitative estimate of drug-likeness (QED) is 0.0363. The first kappa shape index (κ1) is 48.5. The molecule has 9 aromatic rings. The number of nitrogens with one attached hydrogen (secondary N) is 5. The van der Waals surface area contributed by atoms with Crippen LogP contribution in [0, 0.1) is 0 Å². The Morgan fingerprint density at radius 3 is 1.58 bits per heavy atom. The maximum absolute atomic E-state index is 11.6. The van der Waals surface area contributed by atoms with Crippen LogP contribution >= 0.6 is 0 Å². The van der Waals surface area contributed by atoms with Crippen molar-refractivity contribution in [1.82, 2.24) is 20.2 Å². The van der Waals surface area contributed by atoms with Crippen LogP contribution in [0.5, 0.6) is 11.5 Å². The van der Waals surface area contributed by atoms with Crippen molar-refractivity contribution in [3.8, 4) is 11.5 Å². The molecule has 0 fully saturated rings. The molecule has 2 heterocycles. The van der Waals surface area contributed by atoms with Crippen LogP contribution < -0.4 is 24.2 Å². The Morgan fingerprint density at radius 1 is 0.536 bits per heavy atom. The van der Waals surface area contributed by atoms with E-state index in [1.54, 1.807) is 48.5 Å². The number of anilines is 2. The number of sulfonamides is 2. The zero-order valence-corrected chi connectivity index (χ0v) is 39.9. The molecule has 9 rings (SSSR count). The summed E-state index contributed by atoms with van der Waals surface area (Å²) < 4.78 is 62.8. The molecule has 358 valence electrons. The topological polar surface area (TPSA) is 198 Å². The van der Waals surface area contributed by atoms with Crippen LogP contribution in [-0.4, -0.2) is 93.8 Å². The Hall–Kier alpha value is -6.92. The normalized spacial score (nSPS) is 12.8. The largest absolute Gasteiger partial charge is 0.492 e. The third kappa shape index (κ3) is 13.6. The molecule has 0 saturated heterocycles. The van der Waals surface area contributed by atoms with E-state index in [-0.39, 0.29) is 0 Å². The average Bonchev–Trinajstić information content (AvgIpc) is 3.88. The van der Waals surface area contributed by atoms with Crippen molar-refractivity contribution in [3.05, 3.63) is 180 Å². The van der Waals surface area contributed by atoms with E-state index in [1.165, 1.54) is 10.8 Å². The Morgan fingerprint density at radius 2 is 1.03 bits per heavy atom. The molecule has 7 N–H and O–H groups in total. The lowest BCUT2D eigenvalue weighted by molar-refractivity contribution is 0.0986. The van der Waals surface area contributed by atoms with Crippen LogP contribution in [0.2, 0.25) is 0 Å². The molecule has 16 heteroatoms. The number of para-hydroxylation sites is 2. The van der Waals surface area contributed by atoms with Crippen LogP contribution in [0.15, 0.2) is 164 Å². The molecule has 0 aliphatic rings. The fourth-order valence-electron chi connectivity index (χ4n) is 8.21. The van der Waals surface area contributed by atoms with Gasteiger partial charge in [-0.1, -0.05) is 91.0 Å². The van der Waals surface area contributed by atoms with Gasteiger partial charge in [-0.2, -0.15) is 0 Å². The number of hydrogen-bond acceptors (Lipinski definition) is 10. The van der Waals surface area contributed by atoms with Crippen LogP contribution in [0.4, 0.5) is 11.4 Å². The fourth-order valence-corrected chi connectivity index (χ4v) is 9.32. The van der Waals surface area contributed by atoms with E-state index in [1.807, 2.05) is 66.7 Å². The van der Waals surface area contributed by atoms with E-state index < -0.39 is 32.3 Å². The molecule has 14 nitrogen and oxygen atoms in total. The summed E-state index contributed by atoms with van der Waals surface area (Å²) in [5.74, 6) is 1.56. The predicted octanol–water partition coefficient (Wildman–Crippen LogP) is 8.70. The lowest BCUT2D eigenvalue weighted by atomic mass is 10.1. The highest BCUT2D eigenvalue weighted by molar-refractivity contribution is 7.92. The molecule has 2 atom stereocenters. The van der Waals surface area contributed by atoms with Crippen molar-refractivity contribution in [2.24, 2.45) is 0 Å². The first-order valence-corrected chi connectivity index (χ1v) is 26.3. The van der Waals surface area contributed by atoms with E-state index in [2.05, 4.69) is 78.2 Å². The third-order valence-electron chi connectivity index (χ3n) is 11.3. The van der Waals surface area contributed by atoms with Gasteiger partial charge < -0.3 is 35.0 Å². The van der Waals surface area contributed by atoms with Gasteiger partial charge in [0.05, 0.1) is 35.8 Å². The van der Waals surface area contributed by atoms with Crippen molar-refractivity contribution in [2.45, 2.75) is 18.8 Å². The summed E-state index contributed by atoms with van der Waals surface area (Å²) >= 11 is 0. The van der Waals surface area contributed by atoms with E-state index in [9.17, 15) is 27.0 Å². The number of H-pyrrole nitrogens is 2. The molecular weight excluding hydrogens is 913 g/mol. The molecule has 0 spiro atoms. The Labute approximate surface area is 402 Å². The van der Waals surface area contributed by atoms with E-state index in [0.29, 0.717) is 68.4 Å². The van der Waals surface area contributed by atoms with Gasteiger partial charge in [0.2, 0.25) is 20.0 Å². The number of aromatic amines is 2. The van der Waals surface area contributed by atoms with Gasteiger partial charge in [0.25, 0.3) is 0 Å². The summed E-state index contributed by atoms with van der Waals surface area (Å²) in [6.07, 6.45) is 0.632. The Bertz CT molecular complexity index is 3380. The molecule has 0 radical (unpaired) electrons. The van der Waals surface area contributed by atoms with Crippen molar-refractivity contribution >= 4 is 75.0 Å². The highest BCUT2D eigenvalue weighted by atomic mass is 32.2. The van der Waals surface area contributed by atoms with Crippen molar-refractivity contribution in [3.63, 3.8) is 0 Å². The van der Waals surface area contributed by atoms with E-state index >= 15 is 0 Å². The van der Waals surface area contributed by atoms with Crippen molar-refractivity contribution < 1.29 is 36.5 Å². The Kier molecular flexibility index (Phi) is 15.5. The highest BCUT2D eigenvalue weighted by Gasteiger charge is 2.17. The summed E-state index contributed by atoms with van der Waals surface area (Å²) in [6, 6.07) is 52.2. The molecule has 69 heavy (non-hydrogen) atoms. The number of hydrogen-bond donors (Lipinski definition) is 7. The first-order chi connectivity index (χ1) is 33.2. The van der Waals surface area contributed by atoms with Crippen molar-refractivity contribution in [2.75, 3.05) is 61.3 Å². The number of rotatable bonds is 20. The van der Waals surface area contributed by atoms with Gasteiger partial charge in [0, 0.05) is 88.8 Å². The van der Waals surface area contributed by atoms with Gasteiger partial charge in [-0.15, -0.1) is 0 Å². The molecule has 2 aromatic heterocycles. The third-order valence-corrected chi connectivity index (χ3v) is 12.6. The fraction of sp³-hybridized carbons (Fsp3) is 0.208. The smallest absolute Gasteiger partial charge is 0.229 e. The van der Waals surface area contributed by atoms with E-state index in [0.717, 1.165) is 62.4 Å². The monoisotopic (exact) mass is 968 g/mol. The number of ether oxygens (including phenoxy) is 2. The summed E-state index contributed by atoms with van der Waals surface area (Å²) in [6.45, 7) is 3.38. The summed E-state index contributed by atoms with van der Waals surface area (Å²) in [5, 5.41) is 29.3. The SMILES string of the molecule is CS(=O)(=O)Nc1cccc([C@@H](O)CN(CCOc2ccc3c(c2)[nH]c2ccccc23)Cc2ccccc2)c1.CS(=O)(=O)Nc1cccc([C@@H](O)CNCCOc2ccc3c(c2)[nH]c2ccccc23)c1. The van der Waals surface area contributed by atoms with Gasteiger partial charge in [0.1, 0.15) is 24.7 Å². The van der Waals surface area contributed by atoms with Gasteiger partial charge >= 0.3 is 0 Å². The Balaban J connectivity index is 0.000000190. The highest BCUT2D eigenvalue weighted by Crippen LogP contribution is 2.30. The van der Waals surface area contributed by atoms with Crippen LogP contribution in [-0.2, 0) is 26.6 Å². The molecule has 0 bridgehead atoms. The first-order valence-electron chi connectivity index (χ1n) is 22.5. The van der Waals surface area contributed by atoms with E-state index in [4.69, 9.17) is 9.47 Å². The second kappa shape index (κ2) is 22.0. The zero-order chi connectivity index (χ0) is 48.4. The zero-order valence-electron chi connectivity index (χ0n) is 38.3. The molecule has 0 amide bonds. The molecule has 7 aromatic carbocycles. The lowest BCUT2D eigenvalue weighted by Crippen LogP contribution is -2.32. The number of nitrogens with zero attached hydrogens (tertiary/aromatic N) is 1. The summed E-state index contributed by atoms with van der Waals surface area (Å²) in [4.78, 5) is 8.98. The molecule has 0 saturated carbocycles. The predicted molar refractivity (Wildman–Crippen MR) is 277 cm³/mol. The number of fused-ring (bicyclic) bond motifs is 6. The van der Waals surface area contributed by atoms with Crippen molar-refractivity contribution in [1.29, 1.82) is 0 Å². The standard InChI is InChI=1S/C30H31N3O4S.C23H25N3O4S/c1-38(35,36)32-24-11-7-10-23(18-24)30(34)21-33(20-22-8-3-2-4-9-22)16-17-37-25-14-15-27-26-12-5-6-13-28(26)31-29(27)19-25;1-31(28,29)26-17-6-4-5-16(13-17)23(27)15-24-11-12-30-18-9-10-20-19-7-2-3-8-21(19)25-22(20)14-18/h2-15,18-19,30-32,34H,16-17,20-21H2,1H3;2-10,13-14,23-27H,11-12,15H2,1H3/t30-;23-/m00/s1. The minimum Gasteiger partial charge on any atom is -0.492 e. The molecule has 0 aliphatic carbocycles. The van der Waals surface area contributed by atoms with Gasteiger partial charge in [0.15, 0.2) is 0 Å².